The van der Waals surface area contributed by atoms with Gasteiger partial charge in [0.2, 0.25) is 4.96 Å². The predicted octanol–water partition coefficient (Wildman–Crippen LogP) is 0.706. The van der Waals surface area contributed by atoms with Crippen LogP contribution in [0.15, 0.2) is 22.1 Å². The number of aromatic nitrogens is 5. The maximum absolute atomic E-state index is 11.8. The number of fused-ring (bicyclic) bond motifs is 1. The van der Waals surface area contributed by atoms with Crippen molar-refractivity contribution in [3.05, 3.63) is 33.2 Å². The number of nitrogens with zero attached hydrogens (tertiary/aromatic N) is 5. The molecule has 3 aromatic rings. The van der Waals surface area contributed by atoms with Crippen LogP contribution in [0.4, 0.5) is 11.6 Å². The summed E-state index contributed by atoms with van der Waals surface area (Å²) in [6.07, 6.45) is 0. The Labute approximate surface area is 127 Å². The number of hydrogen-bond acceptors (Lipinski definition) is 9. The molecule has 0 radical (unpaired) electrons. The van der Waals surface area contributed by atoms with E-state index < -0.39 is 0 Å². The van der Waals surface area contributed by atoms with Gasteiger partial charge in [-0.1, -0.05) is 23.1 Å². The van der Waals surface area contributed by atoms with E-state index in [1.165, 1.54) is 39.7 Å². The van der Waals surface area contributed by atoms with Crippen LogP contribution in [0.2, 0.25) is 0 Å². The summed E-state index contributed by atoms with van der Waals surface area (Å²) in [7, 11) is 0. The van der Waals surface area contributed by atoms with Crippen LogP contribution in [0.5, 0.6) is 0 Å². The summed E-state index contributed by atoms with van der Waals surface area (Å²) in [5, 5.41) is 5.46. The lowest BCUT2D eigenvalue weighted by atomic mass is 10.5. The predicted molar refractivity (Wildman–Crippen MR) is 82.3 cm³/mol. The molecule has 8 nitrogen and oxygen atoms in total. The molecule has 0 atom stereocenters. The van der Waals surface area contributed by atoms with Crippen molar-refractivity contribution in [1.29, 1.82) is 0 Å². The van der Waals surface area contributed by atoms with Gasteiger partial charge in [0.15, 0.2) is 5.16 Å². The lowest BCUT2D eigenvalue weighted by Crippen LogP contribution is -2.14. The van der Waals surface area contributed by atoms with Gasteiger partial charge in [0.1, 0.15) is 16.6 Å². The van der Waals surface area contributed by atoms with Gasteiger partial charge >= 0.3 is 0 Å². The maximum Gasteiger partial charge on any atom is 0.275 e. The van der Waals surface area contributed by atoms with E-state index in [9.17, 15) is 4.79 Å². The molecule has 0 bridgehead atoms. The van der Waals surface area contributed by atoms with Crippen molar-refractivity contribution in [3.8, 4) is 0 Å². The molecule has 3 aromatic heterocycles. The SMILES string of the molecule is Cc1cc(=O)n2nc(CSc3nc(N)cc(N)n3)sc2n1. The van der Waals surface area contributed by atoms with Crippen LogP contribution in [0, 0.1) is 6.92 Å². The zero-order valence-corrected chi connectivity index (χ0v) is 12.6. The minimum Gasteiger partial charge on any atom is -0.383 e. The minimum atomic E-state index is -0.186. The molecule has 21 heavy (non-hydrogen) atoms. The normalized spacial score (nSPS) is 11.1. The number of nitrogen functional groups attached to an aromatic ring is 2. The molecule has 3 heterocycles. The fourth-order valence-electron chi connectivity index (χ4n) is 1.67. The Morgan fingerprint density at radius 3 is 2.67 bits per heavy atom. The van der Waals surface area contributed by atoms with Gasteiger partial charge in [0.25, 0.3) is 5.56 Å². The highest BCUT2D eigenvalue weighted by atomic mass is 32.2. The third-order valence-corrected chi connectivity index (χ3v) is 4.43. The first-order valence-corrected chi connectivity index (χ1v) is 7.71. The average Bonchev–Trinajstić information content (AvgIpc) is 2.78. The summed E-state index contributed by atoms with van der Waals surface area (Å²) in [6, 6.07) is 2.94. The Hall–Kier alpha value is -2.20. The van der Waals surface area contributed by atoms with Crippen molar-refractivity contribution in [2.24, 2.45) is 0 Å². The molecule has 108 valence electrons. The maximum atomic E-state index is 11.8. The van der Waals surface area contributed by atoms with E-state index in [2.05, 4.69) is 20.1 Å². The van der Waals surface area contributed by atoms with E-state index >= 15 is 0 Å². The highest BCUT2D eigenvalue weighted by molar-refractivity contribution is 7.98. The molecular weight excluding hydrogens is 310 g/mol. The number of anilines is 2. The molecule has 3 rings (SSSR count). The Bertz CT molecular complexity index is 852. The van der Waals surface area contributed by atoms with Gasteiger partial charge in [-0.2, -0.15) is 9.61 Å². The van der Waals surface area contributed by atoms with Gasteiger partial charge in [-0.3, -0.25) is 4.79 Å². The second kappa shape index (κ2) is 5.30. The van der Waals surface area contributed by atoms with Crippen LogP contribution < -0.4 is 17.0 Å². The molecule has 0 fully saturated rings. The lowest BCUT2D eigenvalue weighted by molar-refractivity contribution is 0.869. The first kappa shape index (κ1) is 13.8. The van der Waals surface area contributed by atoms with E-state index in [0.29, 0.717) is 33.2 Å². The Kier molecular flexibility index (Phi) is 3.47. The van der Waals surface area contributed by atoms with Gasteiger partial charge in [0.05, 0.1) is 5.75 Å². The number of nitrogens with two attached hydrogens (primary N) is 2. The van der Waals surface area contributed by atoms with Gasteiger partial charge in [-0.25, -0.2) is 15.0 Å². The van der Waals surface area contributed by atoms with E-state index in [0.717, 1.165) is 5.01 Å². The third-order valence-electron chi connectivity index (χ3n) is 2.48. The van der Waals surface area contributed by atoms with Crippen LogP contribution in [-0.4, -0.2) is 24.6 Å². The number of hydrogen-bond donors (Lipinski definition) is 2. The molecule has 0 unspecified atom stereocenters. The smallest absolute Gasteiger partial charge is 0.275 e. The van der Waals surface area contributed by atoms with Gasteiger partial charge in [0, 0.05) is 17.8 Å². The molecular formula is C11H11N7OS2. The molecule has 0 saturated carbocycles. The topological polar surface area (TPSA) is 125 Å². The Morgan fingerprint density at radius 2 is 1.95 bits per heavy atom. The van der Waals surface area contributed by atoms with Crippen molar-refractivity contribution < 1.29 is 0 Å². The summed E-state index contributed by atoms with van der Waals surface area (Å²) >= 11 is 2.70. The highest BCUT2D eigenvalue weighted by Gasteiger charge is 2.09. The van der Waals surface area contributed by atoms with Crippen molar-refractivity contribution >= 4 is 39.7 Å². The summed E-state index contributed by atoms with van der Waals surface area (Å²) in [6.45, 7) is 1.78. The zero-order valence-electron chi connectivity index (χ0n) is 11.0. The fourth-order valence-corrected chi connectivity index (χ4v) is 3.47. The van der Waals surface area contributed by atoms with E-state index in [1.807, 2.05) is 0 Å². The molecule has 0 spiro atoms. The Balaban J connectivity index is 1.85. The first-order valence-electron chi connectivity index (χ1n) is 5.90. The van der Waals surface area contributed by atoms with Gasteiger partial charge < -0.3 is 11.5 Å². The summed E-state index contributed by atoms with van der Waals surface area (Å²) in [5.41, 5.74) is 11.7. The van der Waals surface area contributed by atoms with Gasteiger partial charge in [-0.05, 0) is 6.92 Å². The van der Waals surface area contributed by atoms with Crippen LogP contribution in [0.25, 0.3) is 4.96 Å². The second-order valence-electron chi connectivity index (χ2n) is 4.21. The number of thioether (sulfide) groups is 1. The number of rotatable bonds is 3. The van der Waals surface area contributed by atoms with Crippen LogP contribution in [0.3, 0.4) is 0 Å². The van der Waals surface area contributed by atoms with Crippen LogP contribution in [-0.2, 0) is 5.75 Å². The quantitative estimate of drug-likeness (QED) is 0.533. The molecule has 0 aromatic carbocycles. The molecule has 0 aliphatic heterocycles. The molecule has 0 amide bonds. The highest BCUT2D eigenvalue weighted by Crippen LogP contribution is 2.23. The molecule has 4 N–H and O–H groups in total. The monoisotopic (exact) mass is 321 g/mol. The van der Waals surface area contributed by atoms with Crippen molar-refractivity contribution in [3.63, 3.8) is 0 Å². The standard InChI is InChI=1S/C11H11N7OS2/c1-5-2-9(19)18-11(14-5)21-8(17-18)4-20-10-15-6(12)3-7(13)16-10/h2-3H,4H2,1H3,(H4,12,13,15,16). The third kappa shape index (κ3) is 2.95. The van der Waals surface area contributed by atoms with Crippen LogP contribution >= 0.6 is 23.1 Å². The van der Waals surface area contributed by atoms with Crippen molar-refractivity contribution in [2.45, 2.75) is 17.8 Å². The zero-order chi connectivity index (χ0) is 15.0. The Morgan fingerprint density at radius 1 is 1.24 bits per heavy atom. The number of aryl methyl sites for hydroxylation is 1. The molecule has 10 heteroatoms. The molecule has 0 saturated heterocycles. The average molecular weight is 321 g/mol. The largest absolute Gasteiger partial charge is 0.383 e. The van der Waals surface area contributed by atoms with Crippen molar-refractivity contribution in [1.82, 2.24) is 24.6 Å². The molecule has 0 aliphatic rings. The summed E-state index contributed by atoms with van der Waals surface area (Å²) in [5.74, 6) is 1.15. The van der Waals surface area contributed by atoms with E-state index in [-0.39, 0.29) is 5.56 Å². The fraction of sp³-hybridized carbons (Fsp3) is 0.182. The van der Waals surface area contributed by atoms with Crippen LogP contribution in [0.1, 0.15) is 10.7 Å². The lowest BCUT2D eigenvalue weighted by Gasteiger charge is -2.00. The van der Waals surface area contributed by atoms with Gasteiger partial charge in [-0.15, -0.1) is 0 Å². The minimum absolute atomic E-state index is 0.186. The van der Waals surface area contributed by atoms with E-state index in [4.69, 9.17) is 11.5 Å². The molecule has 0 aliphatic carbocycles. The first-order chi connectivity index (χ1) is 10.0. The second-order valence-corrected chi connectivity index (χ2v) is 6.20. The summed E-state index contributed by atoms with van der Waals surface area (Å²) < 4.78 is 1.29. The summed E-state index contributed by atoms with van der Waals surface area (Å²) in [4.78, 5) is 24.8. The van der Waals surface area contributed by atoms with E-state index in [1.54, 1.807) is 6.92 Å². The van der Waals surface area contributed by atoms with Crippen molar-refractivity contribution in [2.75, 3.05) is 11.5 Å².